The number of benzene rings is 2. The van der Waals surface area contributed by atoms with Gasteiger partial charge in [0.05, 0.1) is 17.3 Å². The number of ether oxygens (including phenoxy) is 1. The van der Waals surface area contributed by atoms with Gasteiger partial charge in [0.1, 0.15) is 5.75 Å². The minimum Gasteiger partial charge on any atom is -0.493 e. The van der Waals surface area contributed by atoms with Gasteiger partial charge in [0, 0.05) is 27.8 Å². The molecular formula is C23H24BrNO3S. The molecular weight excluding hydrogens is 450 g/mol. The number of nitrogens with zero attached hydrogens (tertiary/aromatic N) is 1. The van der Waals surface area contributed by atoms with Crippen molar-refractivity contribution < 1.29 is 14.6 Å². The number of unbranched alkanes of at least 4 members (excludes halogenated alkanes) is 2. The lowest BCUT2D eigenvalue weighted by atomic mass is 10.1. The van der Waals surface area contributed by atoms with E-state index in [1.165, 1.54) is 4.88 Å². The first-order valence-electron chi connectivity index (χ1n) is 9.67. The number of thiazole rings is 1. The normalized spacial score (nSPS) is 10.8. The maximum Gasteiger partial charge on any atom is 0.303 e. The molecule has 0 saturated carbocycles. The molecule has 2 aromatic carbocycles. The number of aromatic nitrogens is 1. The largest absolute Gasteiger partial charge is 0.493 e. The maximum absolute atomic E-state index is 10.6. The molecule has 0 fully saturated rings. The third-order valence-corrected chi connectivity index (χ3v) is 6.04. The molecule has 0 bridgehead atoms. The van der Waals surface area contributed by atoms with Crippen LogP contribution in [0.15, 0.2) is 53.0 Å². The highest BCUT2D eigenvalue weighted by molar-refractivity contribution is 9.10. The van der Waals surface area contributed by atoms with Crippen molar-refractivity contribution in [2.24, 2.45) is 0 Å². The van der Waals surface area contributed by atoms with Crippen LogP contribution in [0.2, 0.25) is 0 Å². The Balaban J connectivity index is 1.68. The molecule has 4 nitrogen and oxygen atoms in total. The molecule has 0 aliphatic carbocycles. The molecule has 0 amide bonds. The fraction of sp³-hybridized carbons (Fsp3) is 0.304. The van der Waals surface area contributed by atoms with E-state index in [1.54, 1.807) is 11.3 Å². The summed E-state index contributed by atoms with van der Waals surface area (Å²) in [6.07, 6.45) is 3.39. The number of carbonyl (C=O) groups is 1. The second kappa shape index (κ2) is 10.6. The van der Waals surface area contributed by atoms with Gasteiger partial charge in [-0.2, -0.15) is 0 Å². The highest BCUT2D eigenvalue weighted by atomic mass is 79.9. The molecule has 0 aliphatic heterocycles. The van der Waals surface area contributed by atoms with Gasteiger partial charge in [-0.3, -0.25) is 4.79 Å². The Bertz CT molecular complexity index is 953. The molecule has 0 unspecified atom stereocenters. The summed E-state index contributed by atoms with van der Waals surface area (Å²) in [6, 6.07) is 16.4. The zero-order valence-electron chi connectivity index (χ0n) is 16.4. The van der Waals surface area contributed by atoms with Crippen molar-refractivity contribution in [2.75, 3.05) is 6.61 Å². The van der Waals surface area contributed by atoms with Crippen molar-refractivity contribution in [3.8, 4) is 17.0 Å². The van der Waals surface area contributed by atoms with Crippen molar-refractivity contribution >= 4 is 33.2 Å². The third kappa shape index (κ3) is 6.41. The van der Waals surface area contributed by atoms with Crippen molar-refractivity contribution in [2.45, 2.75) is 39.0 Å². The number of hydrogen-bond donors (Lipinski definition) is 1. The number of rotatable bonds is 10. The topological polar surface area (TPSA) is 59.4 Å². The summed E-state index contributed by atoms with van der Waals surface area (Å²) in [5.41, 5.74) is 3.29. The highest BCUT2D eigenvalue weighted by Gasteiger charge is 2.14. The average Bonchev–Trinajstić information content (AvgIpc) is 3.06. The van der Waals surface area contributed by atoms with Gasteiger partial charge in [0.25, 0.3) is 0 Å². The van der Waals surface area contributed by atoms with Crippen molar-refractivity contribution in [1.82, 2.24) is 4.98 Å². The van der Waals surface area contributed by atoms with E-state index >= 15 is 0 Å². The molecule has 1 N–H and O–H groups in total. The quantitative estimate of drug-likeness (QED) is 0.341. The molecule has 1 aromatic heterocycles. The van der Waals surface area contributed by atoms with E-state index in [2.05, 4.69) is 34.1 Å². The zero-order chi connectivity index (χ0) is 20.6. The van der Waals surface area contributed by atoms with Crippen LogP contribution in [0.4, 0.5) is 0 Å². The molecule has 0 spiro atoms. The third-order valence-electron chi connectivity index (χ3n) is 4.54. The van der Waals surface area contributed by atoms with Crippen LogP contribution in [-0.4, -0.2) is 22.7 Å². The summed E-state index contributed by atoms with van der Waals surface area (Å²) >= 11 is 5.21. The van der Waals surface area contributed by atoms with Crippen LogP contribution in [0, 0.1) is 6.92 Å². The Labute approximate surface area is 183 Å². The van der Waals surface area contributed by atoms with Gasteiger partial charge in [0.15, 0.2) is 0 Å². The summed E-state index contributed by atoms with van der Waals surface area (Å²) in [5, 5.41) is 9.76. The molecule has 1 heterocycles. The monoisotopic (exact) mass is 473 g/mol. The van der Waals surface area contributed by atoms with Crippen LogP contribution >= 0.6 is 27.3 Å². The second-order valence-electron chi connectivity index (χ2n) is 6.85. The number of carboxylic acids is 1. The first-order chi connectivity index (χ1) is 14.0. The van der Waals surface area contributed by atoms with E-state index in [4.69, 9.17) is 14.8 Å². The van der Waals surface area contributed by atoms with Crippen molar-refractivity contribution in [3.05, 3.63) is 68.5 Å². The van der Waals surface area contributed by atoms with Crippen LogP contribution < -0.4 is 4.74 Å². The van der Waals surface area contributed by atoms with Gasteiger partial charge in [0.2, 0.25) is 0 Å². The van der Waals surface area contributed by atoms with Gasteiger partial charge in [-0.25, -0.2) is 4.98 Å². The number of carboxylic acid groups (broad SMARTS) is 1. The molecule has 3 rings (SSSR count). The number of aryl methyl sites for hydroxylation is 1. The molecule has 0 atom stereocenters. The zero-order valence-corrected chi connectivity index (χ0v) is 18.8. The predicted molar refractivity (Wildman–Crippen MR) is 121 cm³/mol. The van der Waals surface area contributed by atoms with Gasteiger partial charge in [-0.1, -0.05) is 46.3 Å². The first-order valence-corrected chi connectivity index (χ1v) is 11.3. The Morgan fingerprint density at radius 1 is 1.10 bits per heavy atom. The molecule has 152 valence electrons. The highest BCUT2D eigenvalue weighted by Crippen LogP contribution is 2.33. The Kier molecular flexibility index (Phi) is 7.83. The number of halogens is 1. The Hall–Kier alpha value is -2.18. The predicted octanol–water partition coefficient (Wildman–Crippen LogP) is 6.50. The van der Waals surface area contributed by atoms with E-state index in [9.17, 15) is 4.79 Å². The summed E-state index contributed by atoms with van der Waals surface area (Å²) in [5.74, 6) is 0.149. The van der Waals surface area contributed by atoms with Crippen LogP contribution in [0.5, 0.6) is 5.75 Å². The molecule has 29 heavy (non-hydrogen) atoms. The van der Waals surface area contributed by atoms with Crippen molar-refractivity contribution in [1.29, 1.82) is 0 Å². The van der Waals surface area contributed by atoms with E-state index in [0.29, 0.717) is 13.0 Å². The van der Waals surface area contributed by atoms with Gasteiger partial charge >= 0.3 is 5.97 Å². The molecule has 0 aliphatic rings. The van der Waals surface area contributed by atoms with Gasteiger partial charge in [-0.15, -0.1) is 11.3 Å². The van der Waals surface area contributed by atoms with E-state index < -0.39 is 5.97 Å². The minimum absolute atomic E-state index is 0.222. The summed E-state index contributed by atoms with van der Waals surface area (Å²) < 4.78 is 7.07. The van der Waals surface area contributed by atoms with E-state index in [-0.39, 0.29) is 6.42 Å². The molecule has 6 heteroatoms. The summed E-state index contributed by atoms with van der Waals surface area (Å²) in [6.45, 7) is 2.63. The summed E-state index contributed by atoms with van der Waals surface area (Å²) in [7, 11) is 0. The van der Waals surface area contributed by atoms with Gasteiger partial charge < -0.3 is 9.84 Å². The Morgan fingerprint density at radius 3 is 2.62 bits per heavy atom. The summed E-state index contributed by atoms with van der Waals surface area (Å²) in [4.78, 5) is 16.6. The molecule has 0 saturated heterocycles. The smallest absolute Gasteiger partial charge is 0.303 e. The van der Waals surface area contributed by atoms with Gasteiger partial charge in [-0.05, 0) is 49.9 Å². The van der Waals surface area contributed by atoms with Crippen molar-refractivity contribution in [3.63, 3.8) is 0 Å². The van der Waals surface area contributed by atoms with Crippen LogP contribution in [0.25, 0.3) is 11.3 Å². The fourth-order valence-electron chi connectivity index (χ4n) is 3.12. The van der Waals surface area contributed by atoms with Crippen LogP contribution in [0.1, 0.15) is 41.1 Å². The first kappa shape index (κ1) is 21.5. The van der Waals surface area contributed by atoms with Crippen LogP contribution in [-0.2, 0) is 11.2 Å². The lowest BCUT2D eigenvalue weighted by molar-refractivity contribution is -0.137. The number of hydrogen-bond acceptors (Lipinski definition) is 4. The number of aliphatic carboxylic acids is 1. The second-order valence-corrected chi connectivity index (χ2v) is 9.05. The lowest BCUT2D eigenvalue weighted by Crippen LogP contribution is -2.01. The maximum atomic E-state index is 10.6. The lowest BCUT2D eigenvalue weighted by Gasteiger charge is -2.11. The Morgan fingerprint density at radius 2 is 1.86 bits per heavy atom. The van der Waals surface area contributed by atoms with E-state index in [0.717, 1.165) is 51.3 Å². The minimum atomic E-state index is -0.738. The molecule has 0 radical (unpaired) electrons. The van der Waals surface area contributed by atoms with Crippen LogP contribution in [0.3, 0.4) is 0 Å². The standard InChI is InChI=1S/C23H24BrNO3S/c1-16-25-23(17-10-12-19(24)13-11-17)21(29-16)15-18-7-4-5-8-20(18)28-14-6-2-3-9-22(26)27/h4-5,7-8,10-13H,2-3,6,9,14-15H2,1H3,(H,26,27). The van der Waals surface area contributed by atoms with E-state index in [1.807, 2.05) is 37.3 Å². The average molecular weight is 474 g/mol. The number of para-hydroxylation sites is 1. The SMILES string of the molecule is Cc1nc(-c2ccc(Br)cc2)c(Cc2ccccc2OCCCCCC(=O)O)s1. The molecule has 3 aromatic rings. The fourth-order valence-corrected chi connectivity index (χ4v) is 4.37.